The van der Waals surface area contributed by atoms with Crippen molar-refractivity contribution < 1.29 is 18.7 Å². The molecule has 0 spiro atoms. The van der Waals surface area contributed by atoms with Crippen molar-refractivity contribution in [2.24, 2.45) is 0 Å². The van der Waals surface area contributed by atoms with Gasteiger partial charge in [0.25, 0.3) is 5.91 Å². The number of benzene rings is 2. The van der Waals surface area contributed by atoms with Gasteiger partial charge in [0.1, 0.15) is 17.3 Å². The van der Waals surface area contributed by atoms with Crippen LogP contribution in [-0.4, -0.2) is 20.1 Å². The Bertz CT molecular complexity index is 671. The minimum atomic E-state index is -0.664. The standard InChI is InChI=1S/C16H15ClFNO3/c1-21-11-6-7-14(22-2)10(8-11)9-19-16(20)15-12(17)4-3-5-13(15)18/h3-8H,9H2,1-2H3,(H,19,20). The second kappa shape index (κ2) is 7.13. The molecule has 0 saturated carbocycles. The summed E-state index contributed by atoms with van der Waals surface area (Å²) in [5.41, 5.74) is 0.536. The van der Waals surface area contributed by atoms with Crippen LogP contribution >= 0.6 is 11.6 Å². The predicted molar refractivity (Wildman–Crippen MR) is 82.1 cm³/mol. The minimum Gasteiger partial charge on any atom is -0.497 e. The van der Waals surface area contributed by atoms with Gasteiger partial charge in [0.2, 0.25) is 0 Å². The van der Waals surface area contributed by atoms with Crippen LogP contribution < -0.4 is 14.8 Å². The van der Waals surface area contributed by atoms with Crippen LogP contribution in [0.4, 0.5) is 4.39 Å². The molecule has 0 heterocycles. The number of ether oxygens (including phenoxy) is 2. The van der Waals surface area contributed by atoms with Gasteiger partial charge in [-0.1, -0.05) is 17.7 Å². The Labute approximate surface area is 132 Å². The molecule has 2 rings (SSSR count). The highest BCUT2D eigenvalue weighted by Gasteiger charge is 2.16. The highest BCUT2D eigenvalue weighted by molar-refractivity contribution is 6.33. The molecular formula is C16H15ClFNO3. The van der Waals surface area contributed by atoms with E-state index in [1.165, 1.54) is 25.3 Å². The van der Waals surface area contributed by atoms with Crippen LogP contribution in [0.15, 0.2) is 36.4 Å². The molecule has 0 fully saturated rings. The molecule has 2 aromatic carbocycles. The smallest absolute Gasteiger partial charge is 0.256 e. The van der Waals surface area contributed by atoms with Gasteiger partial charge in [-0.15, -0.1) is 0 Å². The Hall–Kier alpha value is -2.27. The van der Waals surface area contributed by atoms with Crippen LogP contribution in [0.25, 0.3) is 0 Å². The van der Waals surface area contributed by atoms with Gasteiger partial charge in [-0.3, -0.25) is 4.79 Å². The molecule has 0 bridgehead atoms. The fourth-order valence-electron chi connectivity index (χ4n) is 2.00. The van der Waals surface area contributed by atoms with Gasteiger partial charge >= 0.3 is 0 Å². The largest absolute Gasteiger partial charge is 0.497 e. The number of methoxy groups -OCH3 is 2. The van der Waals surface area contributed by atoms with Crippen molar-refractivity contribution in [3.63, 3.8) is 0 Å². The highest BCUT2D eigenvalue weighted by Crippen LogP contribution is 2.24. The third kappa shape index (κ3) is 3.49. The second-order valence-corrected chi connectivity index (χ2v) is 4.86. The normalized spacial score (nSPS) is 10.2. The molecule has 0 aliphatic carbocycles. The van der Waals surface area contributed by atoms with Crippen LogP contribution in [0.5, 0.6) is 11.5 Å². The molecule has 2 aromatic rings. The summed E-state index contributed by atoms with van der Waals surface area (Å²) in [5, 5.41) is 2.69. The van der Waals surface area contributed by atoms with E-state index in [0.717, 1.165) is 0 Å². The molecule has 0 unspecified atom stereocenters. The average Bonchev–Trinajstić information content (AvgIpc) is 2.52. The first-order valence-electron chi connectivity index (χ1n) is 6.50. The number of amides is 1. The van der Waals surface area contributed by atoms with E-state index in [9.17, 15) is 9.18 Å². The minimum absolute atomic E-state index is 0.0649. The average molecular weight is 324 g/mol. The van der Waals surface area contributed by atoms with E-state index in [1.807, 2.05) is 0 Å². The molecule has 0 aliphatic rings. The maximum atomic E-state index is 13.7. The number of hydrogen-bond acceptors (Lipinski definition) is 3. The van der Waals surface area contributed by atoms with Crippen LogP contribution in [0.2, 0.25) is 5.02 Å². The summed E-state index contributed by atoms with van der Waals surface area (Å²) in [6.07, 6.45) is 0. The van der Waals surface area contributed by atoms with Gasteiger partial charge in [0.15, 0.2) is 0 Å². The zero-order chi connectivity index (χ0) is 16.1. The highest BCUT2D eigenvalue weighted by atomic mass is 35.5. The molecule has 0 saturated heterocycles. The zero-order valence-corrected chi connectivity index (χ0v) is 12.9. The molecule has 116 valence electrons. The quantitative estimate of drug-likeness (QED) is 0.917. The van der Waals surface area contributed by atoms with E-state index in [0.29, 0.717) is 17.1 Å². The number of rotatable bonds is 5. The lowest BCUT2D eigenvalue weighted by Gasteiger charge is -2.12. The Morgan fingerprint density at radius 1 is 1.23 bits per heavy atom. The van der Waals surface area contributed by atoms with Crippen molar-refractivity contribution in [2.45, 2.75) is 6.54 Å². The lowest BCUT2D eigenvalue weighted by molar-refractivity contribution is 0.0947. The molecular weight excluding hydrogens is 309 g/mol. The lowest BCUT2D eigenvalue weighted by Crippen LogP contribution is -2.24. The summed E-state index contributed by atoms with van der Waals surface area (Å²) in [6, 6.07) is 9.31. The number of carbonyl (C=O) groups excluding carboxylic acids is 1. The third-order valence-electron chi connectivity index (χ3n) is 3.12. The Kier molecular flexibility index (Phi) is 5.22. The summed E-state index contributed by atoms with van der Waals surface area (Å²) in [4.78, 5) is 12.1. The molecule has 0 aromatic heterocycles. The molecule has 0 atom stereocenters. The first-order valence-corrected chi connectivity index (χ1v) is 6.87. The van der Waals surface area contributed by atoms with Crippen molar-refractivity contribution in [3.8, 4) is 11.5 Å². The van der Waals surface area contributed by atoms with E-state index in [2.05, 4.69) is 5.32 Å². The van der Waals surface area contributed by atoms with E-state index < -0.39 is 11.7 Å². The zero-order valence-electron chi connectivity index (χ0n) is 12.2. The Balaban J connectivity index is 2.18. The maximum absolute atomic E-state index is 13.7. The third-order valence-corrected chi connectivity index (χ3v) is 3.43. The Morgan fingerprint density at radius 2 is 2.00 bits per heavy atom. The van der Waals surface area contributed by atoms with Gasteiger partial charge < -0.3 is 14.8 Å². The predicted octanol–water partition coefficient (Wildman–Crippen LogP) is 3.43. The fourth-order valence-corrected chi connectivity index (χ4v) is 2.25. The number of halogens is 2. The van der Waals surface area contributed by atoms with Crippen molar-refractivity contribution in [1.82, 2.24) is 5.32 Å². The molecule has 22 heavy (non-hydrogen) atoms. The van der Waals surface area contributed by atoms with Crippen LogP contribution in [-0.2, 0) is 6.54 Å². The van der Waals surface area contributed by atoms with Gasteiger partial charge in [-0.2, -0.15) is 0 Å². The van der Waals surface area contributed by atoms with Gasteiger partial charge in [-0.25, -0.2) is 4.39 Å². The lowest BCUT2D eigenvalue weighted by atomic mass is 10.1. The molecule has 0 radical (unpaired) electrons. The van der Waals surface area contributed by atoms with Crippen molar-refractivity contribution in [1.29, 1.82) is 0 Å². The fraction of sp³-hybridized carbons (Fsp3) is 0.188. The van der Waals surface area contributed by atoms with Gasteiger partial charge in [0, 0.05) is 12.1 Å². The summed E-state index contributed by atoms with van der Waals surface area (Å²) in [5.74, 6) is -0.0229. The van der Waals surface area contributed by atoms with Crippen LogP contribution in [0, 0.1) is 5.82 Å². The molecule has 0 aliphatic heterocycles. The van der Waals surface area contributed by atoms with Gasteiger partial charge in [-0.05, 0) is 30.3 Å². The second-order valence-electron chi connectivity index (χ2n) is 4.46. The molecule has 1 N–H and O–H groups in total. The van der Waals surface area contributed by atoms with E-state index in [4.69, 9.17) is 21.1 Å². The number of nitrogens with one attached hydrogen (secondary N) is 1. The van der Waals surface area contributed by atoms with Crippen molar-refractivity contribution in [2.75, 3.05) is 14.2 Å². The monoisotopic (exact) mass is 323 g/mol. The Morgan fingerprint density at radius 3 is 2.64 bits per heavy atom. The first kappa shape index (κ1) is 16.1. The summed E-state index contributed by atoms with van der Waals surface area (Å²) >= 11 is 5.87. The number of hydrogen-bond donors (Lipinski definition) is 1. The topological polar surface area (TPSA) is 47.6 Å². The summed E-state index contributed by atoms with van der Waals surface area (Å²) < 4.78 is 24.1. The van der Waals surface area contributed by atoms with Crippen molar-refractivity contribution >= 4 is 17.5 Å². The van der Waals surface area contributed by atoms with Crippen LogP contribution in [0.3, 0.4) is 0 Å². The first-order chi connectivity index (χ1) is 10.6. The van der Waals surface area contributed by atoms with Crippen LogP contribution in [0.1, 0.15) is 15.9 Å². The SMILES string of the molecule is COc1ccc(OC)c(CNC(=O)c2c(F)cccc2Cl)c1. The molecule has 6 heteroatoms. The van der Waals surface area contributed by atoms with E-state index >= 15 is 0 Å². The molecule has 4 nitrogen and oxygen atoms in total. The van der Waals surface area contributed by atoms with E-state index in [1.54, 1.807) is 25.3 Å². The molecule has 1 amide bonds. The van der Waals surface area contributed by atoms with E-state index in [-0.39, 0.29) is 17.1 Å². The summed E-state index contributed by atoms with van der Waals surface area (Å²) in [6.45, 7) is 0.157. The maximum Gasteiger partial charge on any atom is 0.256 e. The van der Waals surface area contributed by atoms with Gasteiger partial charge in [0.05, 0.1) is 24.8 Å². The number of carbonyl (C=O) groups is 1. The van der Waals surface area contributed by atoms with Crippen molar-refractivity contribution in [3.05, 3.63) is 58.4 Å². The summed E-state index contributed by atoms with van der Waals surface area (Å²) in [7, 11) is 3.07.